The molecule has 1 aromatic rings. The Labute approximate surface area is 68.3 Å². The number of H-pyrrole nitrogens is 1. The van der Waals surface area contributed by atoms with Crippen molar-refractivity contribution in [1.82, 2.24) is 10.5 Å². The minimum Gasteiger partial charge on any atom is -0.328 e. The number of amides is 1. The molecule has 1 aromatic heterocycles. The third-order valence-electron chi connectivity index (χ3n) is 1.24. The molecule has 0 radical (unpaired) electrons. The maximum atomic E-state index is 11.0. The van der Waals surface area contributed by atoms with Gasteiger partial charge in [0.05, 0.1) is 12.7 Å². The molecule has 0 fully saturated rings. The summed E-state index contributed by atoms with van der Waals surface area (Å²) in [6.07, 6.45) is 1.32. The van der Waals surface area contributed by atoms with Gasteiger partial charge in [-0.2, -0.15) is 0 Å². The van der Waals surface area contributed by atoms with Crippen molar-refractivity contribution in [2.45, 2.75) is 0 Å². The number of carbonyl (C=O) groups is 1. The molecule has 0 spiro atoms. The van der Waals surface area contributed by atoms with E-state index in [0.29, 0.717) is 5.56 Å². The molecule has 2 N–H and O–H groups in total. The third-order valence-corrected chi connectivity index (χ3v) is 1.24. The summed E-state index contributed by atoms with van der Waals surface area (Å²) in [6.45, 7) is 0. The van der Waals surface area contributed by atoms with Crippen LogP contribution < -0.4 is 11.0 Å². The summed E-state index contributed by atoms with van der Waals surface area (Å²) in [4.78, 5) is 28.3. The predicted molar refractivity (Wildman–Crippen MR) is 41.5 cm³/mol. The van der Waals surface area contributed by atoms with E-state index in [9.17, 15) is 9.59 Å². The first-order chi connectivity index (χ1) is 5.74. The maximum Gasteiger partial charge on any atom is 0.276 e. The van der Waals surface area contributed by atoms with Crippen molar-refractivity contribution in [2.24, 2.45) is 0 Å². The topological polar surface area (TPSA) is 71.2 Å². The first-order valence-corrected chi connectivity index (χ1v) is 3.26. The molecule has 1 rings (SSSR count). The van der Waals surface area contributed by atoms with Crippen LogP contribution in [-0.2, 0) is 4.84 Å². The molecule has 5 nitrogen and oxygen atoms in total. The van der Waals surface area contributed by atoms with Crippen LogP contribution in [0.5, 0.6) is 0 Å². The van der Waals surface area contributed by atoms with Crippen molar-refractivity contribution in [1.29, 1.82) is 0 Å². The number of pyridine rings is 1. The molecule has 12 heavy (non-hydrogen) atoms. The highest BCUT2D eigenvalue weighted by Gasteiger charge is 2.02. The summed E-state index contributed by atoms with van der Waals surface area (Å²) in [7, 11) is 1.34. The Kier molecular flexibility index (Phi) is 2.60. The normalized spacial score (nSPS) is 9.42. The fourth-order valence-corrected chi connectivity index (χ4v) is 0.703. The van der Waals surface area contributed by atoms with E-state index >= 15 is 0 Å². The molecule has 0 atom stereocenters. The monoisotopic (exact) mass is 168 g/mol. The van der Waals surface area contributed by atoms with Gasteiger partial charge >= 0.3 is 0 Å². The lowest BCUT2D eigenvalue weighted by atomic mass is 10.3. The first-order valence-electron chi connectivity index (χ1n) is 3.26. The highest BCUT2D eigenvalue weighted by Crippen LogP contribution is 1.91. The number of rotatable bonds is 2. The molecule has 0 aliphatic carbocycles. The number of hydrogen-bond acceptors (Lipinski definition) is 3. The second-order valence-electron chi connectivity index (χ2n) is 2.08. The summed E-state index contributed by atoms with van der Waals surface area (Å²) in [5.74, 6) is -0.395. The Morgan fingerprint density at radius 2 is 2.33 bits per heavy atom. The summed E-state index contributed by atoms with van der Waals surface area (Å²) < 4.78 is 0. The van der Waals surface area contributed by atoms with Gasteiger partial charge in [0.2, 0.25) is 5.56 Å². The van der Waals surface area contributed by atoms with Crippen LogP contribution in [-0.4, -0.2) is 18.0 Å². The molecule has 0 bridgehead atoms. The lowest BCUT2D eigenvalue weighted by Crippen LogP contribution is -2.22. The van der Waals surface area contributed by atoms with Crippen LogP contribution in [0.25, 0.3) is 0 Å². The van der Waals surface area contributed by atoms with Gasteiger partial charge < -0.3 is 4.98 Å². The number of aromatic amines is 1. The summed E-state index contributed by atoms with van der Waals surface area (Å²) >= 11 is 0. The van der Waals surface area contributed by atoms with Gasteiger partial charge in [-0.3, -0.25) is 14.4 Å². The second kappa shape index (κ2) is 3.68. The van der Waals surface area contributed by atoms with E-state index in [2.05, 4.69) is 15.3 Å². The first kappa shape index (κ1) is 8.48. The number of nitrogens with one attached hydrogen (secondary N) is 2. The molecule has 0 saturated carbocycles. The Morgan fingerprint density at radius 1 is 1.58 bits per heavy atom. The van der Waals surface area contributed by atoms with Gasteiger partial charge in [-0.15, -0.1) is 0 Å². The van der Waals surface area contributed by atoms with E-state index in [1.54, 1.807) is 0 Å². The molecular weight excluding hydrogens is 160 g/mol. The van der Waals surface area contributed by atoms with Crippen molar-refractivity contribution in [2.75, 3.05) is 7.11 Å². The van der Waals surface area contributed by atoms with Gasteiger partial charge in [0.25, 0.3) is 5.91 Å². The van der Waals surface area contributed by atoms with Crippen LogP contribution in [0.2, 0.25) is 0 Å². The van der Waals surface area contributed by atoms with E-state index in [1.807, 2.05) is 0 Å². The number of carbonyl (C=O) groups excluding carboxylic acids is 1. The van der Waals surface area contributed by atoms with Crippen molar-refractivity contribution in [3.8, 4) is 0 Å². The summed E-state index contributed by atoms with van der Waals surface area (Å²) in [6, 6.07) is 2.68. The molecule has 0 saturated heterocycles. The molecule has 0 aliphatic heterocycles. The highest BCUT2D eigenvalue weighted by atomic mass is 16.6. The smallest absolute Gasteiger partial charge is 0.276 e. The Hall–Kier alpha value is -1.62. The van der Waals surface area contributed by atoms with Gasteiger partial charge in [-0.25, -0.2) is 5.48 Å². The molecule has 0 unspecified atom stereocenters. The number of aromatic nitrogens is 1. The average Bonchev–Trinajstić information content (AvgIpc) is 2.06. The van der Waals surface area contributed by atoms with Gasteiger partial charge in [-0.1, -0.05) is 0 Å². The van der Waals surface area contributed by atoms with Crippen molar-refractivity contribution >= 4 is 5.91 Å². The second-order valence-corrected chi connectivity index (χ2v) is 2.08. The zero-order chi connectivity index (χ0) is 8.97. The van der Waals surface area contributed by atoms with Crippen LogP contribution >= 0.6 is 0 Å². The lowest BCUT2D eigenvalue weighted by molar-refractivity contribution is 0.0537. The van der Waals surface area contributed by atoms with E-state index in [1.165, 1.54) is 25.4 Å². The van der Waals surface area contributed by atoms with E-state index in [4.69, 9.17) is 0 Å². The molecule has 1 heterocycles. The standard InChI is InChI=1S/C7H8N2O3/c1-12-9-7(11)5-2-3-6(10)8-4-5/h2-4H,1H3,(H,8,10)(H,9,11). The van der Waals surface area contributed by atoms with Crippen LogP contribution in [0.3, 0.4) is 0 Å². The van der Waals surface area contributed by atoms with Crippen LogP contribution in [0.4, 0.5) is 0 Å². The van der Waals surface area contributed by atoms with Crippen molar-refractivity contribution < 1.29 is 9.63 Å². The lowest BCUT2D eigenvalue weighted by Gasteiger charge is -1.99. The minimum atomic E-state index is -0.395. The molecule has 1 amide bonds. The fourth-order valence-electron chi connectivity index (χ4n) is 0.703. The Morgan fingerprint density at radius 3 is 2.83 bits per heavy atom. The third kappa shape index (κ3) is 1.93. The zero-order valence-electron chi connectivity index (χ0n) is 6.46. The van der Waals surface area contributed by atoms with Crippen molar-refractivity contribution in [3.05, 3.63) is 34.2 Å². The molecule has 0 aliphatic rings. The highest BCUT2D eigenvalue weighted by molar-refractivity contribution is 5.92. The van der Waals surface area contributed by atoms with Crippen molar-refractivity contribution in [3.63, 3.8) is 0 Å². The largest absolute Gasteiger partial charge is 0.328 e. The van der Waals surface area contributed by atoms with E-state index in [0.717, 1.165) is 0 Å². The molecule has 0 aromatic carbocycles. The van der Waals surface area contributed by atoms with Gasteiger partial charge in [-0.05, 0) is 6.07 Å². The van der Waals surface area contributed by atoms with E-state index in [-0.39, 0.29) is 5.56 Å². The van der Waals surface area contributed by atoms with Crippen LogP contribution in [0.1, 0.15) is 10.4 Å². The number of hydroxylamine groups is 1. The maximum absolute atomic E-state index is 11.0. The quantitative estimate of drug-likeness (QED) is 0.594. The average molecular weight is 168 g/mol. The Bertz CT molecular complexity index is 311. The molecule has 5 heteroatoms. The molecule has 64 valence electrons. The molecular formula is C7H8N2O3. The zero-order valence-corrected chi connectivity index (χ0v) is 6.46. The van der Waals surface area contributed by atoms with Gasteiger partial charge in [0, 0.05) is 12.3 Å². The minimum absolute atomic E-state index is 0.246. The summed E-state index contributed by atoms with van der Waals surface area (Å²) in [5, 5.41) is 0. The van der Waals surface area contributed by atoms with E-state index < -0.39 is 5.91 Å². The number of hydrogen-bond donors (Lipinski definition) is 2. The van der Waals surface area contributed by atoms with Gasteiger partial charge in [0.15, 0.2) is 0 Å². The fraction of sp³-hybridized carbons (Fsp3) is 0.143. The Balaban J connectivity index is 2.82. The summed E-state index contributed by atoms with van der Waals surface area (Å²) in [5.41, 5.74) is 2.22. The SMILES string of the molecule is CONC(=O)c1ccc(=O)[nH]c1. The van der Waals surface area contributed by atoms with Crippen LogP contribution in [0, 0.1) is 0 Å². The predicted octanol–water partition coefficient (Wildman–Crippen LogP) is -0.334. The van der Waals surface area contributed by atoms with Gasteiger partial charge in [0.1, 0.15) is 0 Å². The van der Waals surface area contributed by atoms with Crippen LogP contribution in [0.15, 0.2) is 23.1 Å².